The van der Waals surface area contributed by atoms with E-state index in [1.165, 1.54) is 10.5 Å². The number of thioether (sulfide) groups is 1. The van der Waals surface area contributed by atoms with E-state index < -0.39 is 5.60 Å². The third-order valence-corrected chi connectivity index (χ3v) is 4.67. The fraction of sp³-hybridized carbons (Fsp3) is 0.571. The summed E-state index contributed by atoms with van der Waals surface area (Å²) in [6, 6.07) is 8.62. The highest BCUT2D eigenvalue weighted by Crippen LogP contribution is 2.36. The molecule has 17 heavy (non-hydrogen) atoms. The molecule has 0 bridgehead atoms. The highest BCUT2D eigenvalue weighted by Gasteiger charge is 2.23. The van der Waals surface area contributed by atoms with Gasteiger partial charge in [0, 0.05) is 23.2 Å². The van der Waals surface area contributed by atoms with Crippen LogP contribution in [0.5, 0.6) is 0 Å². The molecule has 0 spiro atoms. The van der Waals surface area contributed by atoms with Crippen LogP contribution in [0, 0.1) is 0 Å². The molecular formula is C14H21NOS. The Bertz CT molecular complexity index is 353. The van der Waals surface area contributed by atoms with Crippen LogP contribution in [0.1, 0.15) is 25.8 Å². The third-order valence-electron chi connectivity index (χ3n) is 3.35. The van der Waals surface area contributed by atoms with Crippen molar-refractivity contribution in [3.05, 3.63) is 29.8 Å². The van der Waals surface area contributed by atoms with Crippen LogP contribution in [-0.2, 0) is 6.42 Å². The lowest BCUT2D eigenvalue weighted by Gasteiger charge is -2.22. The summed E-state index contributed by atoms with van der Waals surface area (Å²) in [6.45, 7) is 5.55. The third kappa shape index (κ3) is 3.47. The number of fused-ring (bicyclic) bond motifs is 1. The molecule has 0 aromatic heterocycles. The second-order valence-electron chi connectivity index (χ2n) is 5.03. The SMILES string of the molecule is CCC(C)(O)CNCC1Cc2ccccc2S1. The molecule has 1 aliphatic heterocycles. The second-order valence-corrected chi connectivity index (χ2v) is 6.38. The van der Waals surface area contributed by atoms with E-state index in [0.717, 1.165) is 19.4 Å². The van der Waals surface area contributed by atoms with Crippen molar-refractivity contribution in [1.82, 2.24) is 5.32 Å². The Kier molecular flexibility index (Phi) is 4.13. The van der Waals surface area contributed by atoms with E-state index in [1.807, 2.05) is 25.6 Å². The molecule has 1 aromatic rings. The molecule has 0 radical (unpaired) electrons. The van der Waals surface area contributed by atoms with Crippen LogP contribution in [-0.4, -0.2) is 29.0 Å². The summed E-state index contributed by atoms with van der Waals surface area (Å²) in [6.07, 6.45) is 1.93. The van der Waals surface area contributed by atoms with E-state index in [9.17, 15) is 5.11 Å². The minimum atomic E-state index is -0.573. The van der Waals surface area contributed by atoms with Crippen molar-refractivity contribution in [2.45, 2.75) is 42.4 Å². The van der Waals surface area contributed by atoms with Crippen LogP contribution in [0.25, 0.3) is 0 Å². The first-order chi connectivity index (χ1) is 8.11. The maximum Gasteiger partial charge on any atom is 0.0740 e. The van der Waals surface area contributed by atoms with Crippen molar-refractivity contribution in [1.29, 1.82) is 0 Å². The summed E-state index contributed by atoms with van der Waals surface area (Å²) < 4.78 is 0. The van der Waals surface area contributed by atoms with Crippen LogP contribution in [0.2, 0.25) is 0 Å². The number of benzene rings is 1. The molecule has 2 N–H and O–H groups in total. The molecule has 1 heterocycles. The summed E-state index contributed by atoms with van der Waals surface area (Å²) in [5.41, 5.74) is 0.891. The van der Waals surface area contributed by atoms with Gasteiger partial charge in [0.15, 0.2) is 0 Å². The zero-order chi connectivity index (χ0) is 12.3. The zero-order valence-electron chi connectivity index (χ0n) is 10.6. The molecule has 0 amide bonds. The van der Waals surface area contributed by atoms with Gasteiger partial charge in [-0.25, -0.2) is 0 Å². The molecule has 0 fully saturated rings. The minimum absolute atomic E-state index is 0.573. The van der Waals surface area contributed by atoms with Crippen LogP contribution in [0.4, 0.5) is 0 Å². The predicted molar refractivity (Wildman–Crippen MR) is 73.6 cm³/mol. The van der Waals surface area contributed by atoms with E-state index >= 15 is 0 Å². The topological polar surface area (TPSA) is 32.3 Å². The molecule has 2 rings (SSSR count). The average molecular weight is 251 g/mol. The average Bonchev–Trinajstić information content (AvgIpc) is 2.71. The van der Waals surface area contributed by atoms with Crippen molar-refractivity contribution in [2.24, 2.45) is 0 Å². The van der Waals surface area contributed by atoms with Gasteiger partial charge in [-0.3, -0.25) is 0 Å². The molecule has 0 saturated heterocycles. The summed E-state index contributed by atoms with van der Waals surface area (Å²) in [4.78, 5) is 1.42. The first kappa shape index (κ1) is 12.9. The molecule has 0 saturated carbocycles. The number of aliphatic hydroxyl groups is 1. The molecule has 3 heteroatoms. The number of hydrogen-bond donors (Lipinski definition) is 2. The van der Waals surface area contributed by atoms with Crippen LogP contribution >= 0.6 is 11.8 Å². The maximum absolute atomic E-state index is 9.90. The number of nitrogens with one attached hydrogen (secondary N) is 1. The Balaban J connectivity index is 1.77. The zero-order valence-corrected chi connectivity index (χ0v) is 11.4. The largest absolute Gasteiger partial charge is 0.389 e. The number of hydrogen-bond acceptors (Lipinski definition) is 3. The molecular weight excluding hydrogens is 230 g/mol. The maximum atomic E-state index is 9.90. The van der Waals surface area contributed by atoms with Gasteiger partial charge in [-0.05, 0) is 31.4 Å². The quantitative estimate of drug-likeness (QED) is 0.843. The van der Waals surface area contributed by atoms with Crippen molar-refractivity contribution in [3.63, 3.8) is 0 Å². The predicted octanol–water partition coefficient (Wildman–Crippen LogP) is 2.45. The van der Waals surface area contributed by atoms with E-state index in [0.29, 0.717) is 11.8 Å². The molecule has 94 valence electrons. The van der Waals surface area contributed by atoms with Gasteiger partial charge < -0.3 is 10.4 Å². The normalized spacial score (nSPS) is 22.2. The Labute approximate surface area is 108 Å². The van der Waals surface area contributed by atoms with Gasteiger partial charge in [-0.2, -0.15) is 0 Å². The summed E-state index contributed by atoms with van der Waals surface area (Å²) in [5, 5.41) is 13.9. The van der Waals surface area contributed by atoms with Crippen LogP contribution < -0.4 is 5.32 Å². The van der Waals surface area contributed by atoms with Crippen molar-refractivity contribution in [3.8, 4) is 0 Å². The van der Waals surface area contributed by atoms with E-state index in [4.69, 9.17) is 0 Å². The van der Waals surface area contributed by atoms with Gasteiger partial charge in [0.25, 0.3) is 0 Å². The Morgan fingerprint density at radius 1 is 1.47 bits per heavy atom. The summed E-state index contributed by atoms with van der Waals surface area (Å²) >= 11 is 1.95. The van der Waals surface area contributed by atoms with E-state index in [1.54, 1.807) is 0 Å². The molecule has 0 aliphatic carbocycles. The van der Waals surface area contributed by atoms with Crippen molar-refractivity contribution >= 4 is 11.8 Å². The highest BCUT2D eigenvalue weighted by molar-refractivity contribution is 8.00. The minimum Gasteiger partial charge on any atom is -0.389 e. The molecule has 1 aliphatic rings. The standard InChI is InChI=1S/C14H21NOS/c1-3-14(2,16)10-15-9-12-8-11-6-4-5-7-13(11)17-12/h4-7,12,15-16H,3,8-10H2,1-2H3. The first-order valence-electron chi connectivity index (χ1n) is 6.28. The second kappa shape index (κ2) is 5.42. The number of rotatable bonds is 5. The molecule has 2 atom stereocenters. The van der Waals surface area contributed by atoms with Crippen molar-refractivity contribution < 1.29 is 5.11 Å². The van der Waals surface area contributed by atoms with Crippen LogP contribution in [0.3, 0.4) is 0 Å². The fourth-order valence-electron chi connectivity index (χ4n) is 2.00. The van der Waals surface area contributed by atoms with Crippen molar-refractivity contribution in [2.75, 3.05) is 13.1 Å². The van der Waals surface area contributed by atoms with Gasteiger partial charge in [0.05, 0.1) is 5.60 Å². The molecule has 2 unspecified atom stereocenters. The van der Waals surface area contributed by atoms with Crippen LogP contribution in [0.15, 0.2) is 29.2 Å². The lowest BCUT2D eigenvalue weighted by molar-refractivity contribution is 0.0561. The molecule has 2 nitrogen and oxygen atoms in total. The van der Waals surface area contributed by atoms with Gasteiger partial charge in [0.2, 0.25) is 0 Å². The molecule has 1 aromatic carbocycles. The monoisotopic (exact) mass is 251 g/mol. The van der Waals surface area contributed by atoms with E-state index in [2.05, 4.69) is 29.6 Å². The lowest BCUT2D eigenvalue weighted by atomic mass is 10.0. The van der Waals surface area contributed by atoms with Gasteiger partial charge in [-0.15, -0.1) is 11.8 Å². The Morgan fingerprint density at radius 3 is 2.94 bits per heavy atom. The van der Waals surface area contributed by atoms with Gasteiger partial charge in [0.1, 0.15) is 0 Å². The Morgan fingerprint density at radius 2 is 2.24 bits per heavy atom. The first-order valence-corrected chi connectivity index (χ1v) is 7.16. The van der Waals surface area contributed by atoms with E-state index in [-0.39, 0.29) is 0 Å². The summed E-state index contributed by atoms with van der Waals surface area (Å²) in [7, 11) is 0. The lowest BCUT2D eigenvalue weighted by Crippen LogP contribution is -2.39. The van der Waals surface area contributed by atoms with Gasteiger partial charge in [-0.1, -0.05) is 25.1 Å². The van der Waals surface area contributed by atoms with Gasteiger partial charge >= 0.3 is 0 Å². The summed E-state index contributed by atoms with van der Waals surface area (Å²) in [5.74, 6) is 0. The highest BCUT2D eigenvalue weighted by atomic mass is 32.2. The Hall–Kier alpha value is -0.510. The smallest absolute Gasteiger partial charge is 0.0740 e. The fourth-order valence-corrected chi connectivity index (χ4v) is 3.28.